The Labute approximate surface area is 210 Å². The molecule has 9 heteroatoms. The van der Waals surface area contributed by atoms with Gasteiger partial charge in [0.05, 0.1) is 10.7 Å². The number of carbonyl (C=O) groups is 1. The number of carbonyl (C=O) groups excluding carboxylic acids is 1. The maximum Gasteiger partial charge on any atom is 0.312 e. The second-order valence-electron chi connectivity index (χ2n) is 8.78. The van der Waals surface area contributed by atoms with Gasteiger partial charge in [-0.15, -0.1) is 0 Å². The van der Waals surface area contributed by atoms with E-state index < -0.39 is 6.03 Å². The molecule has 2 aliphatic rings. The van der Waals surface area contributed by atoms with Crippen LogP contribution in [-0.2, 0) is 6.42 Å². The van der Waals surface area contributed by atoms with Gasteiger partial charge in [-0.05, 0) is 61.6 Å². The van der Waals surface area contributed by atoms with Crippen molar-refractivity contribution in [1.82, 2.24) is 10.2 Å². The number of piperidine rings is 1. The van der Waals surface area contributed by atoms with Crippen LogP contribution in [-0.4, -0.2) is 55.7 Å². The Morgan fingerprint density at radius 1 is 1.00 bits per heavy atom. The summed E-state index contributed by atoms with van der Waals surface area (Å²) >= 11 is 18.7. The molecule has 0 saturated carbocycles. The smallest absolute Gasteiger partial charge is 0.312 e. The number of nitrogens with zero attached hydrogens (tertiary/aromatic N) is 2. The van der Waals surface area contributed by atoms with Gasteiger partial charge in [-0.3, -0.25) is 4.90 Å². The Bertz CT molecular complexity index is 981. The first-order valence-corrected chi connectivity index (χ1v) is 12.5. The zero-order valence-electron chi connectivity index (χ0n) is 18.5. The van der Waals surface area contributed by atoms with Crippen molar-refractivity contribution in [2.75, 3.05) is 42.9 Å². The zero-order chi connectivity index (χ0) is 23.4. The van der Waals surface area contributed by atoms with Gasteiger partial charge < -0.3 is 21.3 Å². The molecule has 0 radical (unpaired) electrons. The van der Waals surface area contributed by atoms with Gasteiger partial charge in [0.15, 0.2) is 0 Å². The fourth-order valence-corrected chi connectivity index (χ4v) is 5.52. The molecule has 4 N–H and O–H groups in total. The summed E-state index contributed by atoms with van der Waals surface area (Å²) in [6.07, 6.45) is 3.95. The molecule has 1 atom stereocenters. The summed E-state index contributed by atoms with van der Waals surface area (Å²) in [5.74, 6) is 0. The Morgan fingerprint density at radius 3 is 2.52 bits per heavy atom. The van der Waals surface area contributed by atoms with Crippen molar-refractivity contribution in [3.63, 3.8) is 0 Å². The van der Waals surface area contributed by atoms with Crippen LogP contribution in [0.1, 0.15) is 24.8 Å². The fraction of sp³-hybridized carbons (Fsp3) is 0.458. The topological polar surface area (TPSA) is 73.6 Å². The van der Waals surface area contributed by atoms with Gasteiger partial charge in [0, 0.05) is 60.5 Å². The number of urea groups is 1. The number of primary amides is 1. The van der Waals surface area contributed by atoms with Gasteiger partial charge in [-0.2, -0.15) is 0 Å². The minimum absolute atomic E-state index is 0.174. The summed E-state index contributed by atoms with van der Waals surface area (Å²) in [6, 6.07) is 12.1. The van der Waals surface area contributed by atoms with Crippen LogP contribution in [0.2, 0.25) is 15.1 Å². The first kappa shape index (κ1) is 24.3. The summed E-state index contributed by atoms with van der Waals surface area (Å²) in [5, 5.41) is 8.33. The van der Waals surface area contributed by atoms with Crippen LogP contribution < -0.4 is 21.3 Å². The lowest BCUT2D eigenvalue weighted by Crippen LogP contribution is -2.46. The van der Waals surface area contributed by atoms with Gasteiger partial charge in [0.2, 0.25) is 0 Å². The number of amides is 2. The van der Waals surface area contributed by atoms with Crippen molar-refractivity contribution in [3.05, 3.63) is 57.0 Å². The Hall–Kier alpha value is -1.86. The summed E-state index contributed by atoms with van der Waals surface area (Å²) in [7, 11) is 0. The number of benzene rings is 2. The highest BCUT2D eigenvalue weighted by molar-refractivity contribution is 6.35. The highest BCUT2D eigenvalue weighted by atomic mass is 35.5. The molecule has 2 aromatic rings. The van der Waals surface area contributed by atoms with Crippen molar-refractivity contribution < 1.29 is 4.79 Å². The van der Waals surface area contributed by atoms with Crippen LogP contribution >= 0.6 is 34.8 Å². The van der Waals surface area contributed by atoms with Crippen LogP contribution in [0.4, 0.5) is 16.2 Å². The van der Waals surface area contributed by atoms with Gasteiger partial charge in [-0.25, -0.2) is 4.79 Å². The van der Waals surface area contributed by atoms with Crippen LogP contribution in [0.15, 0.2) is 36.4 Å². The van der Waals surface area contributed by atoms with E-state index in [0.717, 1.165) is 69.7 Å². The number of likely N-dealkylation sites (tertiary alicyclic amines) is 1. The second-order valence-corrected chi connectivity index (χ2v) is 10.0. The minimum atomic E-state index is -0.430. The van der Waals surface area contributed by atoms with Crippen LogP contribution in [0.3, 0.4) is 0 Å². The standard InChI is InChI=1S/C24H30Cl3N5O/c25-17-2-1-16(22(27)13-17)5-9-29-23-14-20(3-4-21(23)26)31-11-7-19(8-12-31)32-10-6-18(15-32)30-24(28)33/h1-4,13-14,18-19,29H,5-12,15H2,(H3,28,30,33). The van der Waals surface area contributed by atoms with E-state index in [-0.39, 0.29) is 6.04 Å². The molecular formula is C24H30Cl3N5O. The van der Waals surface area contributed by atoms with Crippen LogP contribution in [0, 0.1) is 0 Å². The first-order chi connectivity index (χ1) is 15.9. The Kier molecular flexibility index (Phi) is 8.12. The third-order valence-corrected chi connectivity index (χ3v) is 7.50. The molecule has 6 nitrogen and oxygen atoms in total. The molecule has 0 aromatic heterocycles. The molecular weight excluding hydrogens is 481 g/mol. The molecule has 2 aromatic carbocycles. The number of hydrogen-bond acceptors (Lipinski definition) is 4. The summed E-state index contributed by atoms with van der Waals surface area (Å²) in [5.41, 5.74) is 8.44. The van der Waals surface area contributed by atoms with Gasteiger partial charge in [0.25, 0.3) is 0 Å². The molecule has 1 unspecified atom stereocenters. The largest absolute Gasteiger partial charge is 0.383 e. The number of rotatable bonds is 7. The molecule has 2 aliphatic heterocycles. The minimum Gasteiger partial charge on any atom is -0.383 e. The Balaban J connectivity index is 1.29. The molecule has 33 heavy (non-hydrogen) atoms. The third-order valence-electron chi connectivity index (χ3n) is 6.59. The predicted molar refractivity (Wildman–Crippen MR) is 138 cm³/mol. The van der Waals surface area contributed by atoms with E-state index >= 15 is 0 Å². The quantitative estimate of drug-likeness (QED) is 0.489. The highest BCUT2D eigenvalue weighted by Crippen LogP contribution is 2.31. The molecule has 178 valence electrons. The third kappa shape index (κ3) is 6.38. The normalized spacial score (nSPS) is 19.6. The molecule has 4 rings (SSSR count). The zero-order valence-corrected chi connectivity index (χ0v) is 20.8. The van der Waals surface area contributed by atoms with Crippen LogP contribution in [0.5, 0.6) is 0 Å². The molecule has 2 saturated heterocycles. The lowest BCUT2D eigenvalue weighted by molar-refractivity contribution is 0.202. The number of nitrogens with two attached hydrogens (primary N) is 1. The molecule has 2 heterocycles. The average molecular weight is 511 g/mol. The number of nitrogens with one attached hydrogen (secondary N) is 2. The molecule has 0 bridgehead atoms. The van der Waals surface area contributed by atoms with E-state index in [1.165, 1.54) is 5.69 Å². The van der Waals surface area contributed by atoms with E-state index in [9.17, 15) is 4.79 Å². The first-order valence-electron chi connectivity index (χ1n) is 11.4. The van der Waals surface area contributed by atoms with Crippen molar-refractivity contribution in [3.8, 4) is 0 Å². The summed E-state index contributed by atoms with van der Waals surface area (Å²) in [6.45, 7) is 4.62. The SMILES string of the molecule is NC(=O)NC1CCN(C2CCN(c3ccc(Cl)c(NCCc4ccc(Cl)cc4Cl)c3)CC2)C1. The maximum absolute atomic E-state index is 11.1. The number of halogens is 3. The lowest BCUT2D eigenvalue weighted by atomic mass is 10.0. The molecule has 2 fully saturated rings. The van der Waals surface area contributed by atoms with Crippen molar-refractivity contribution in [2.24, 2.45) is 5.73 Å². The number of anilines is 2. The lowest BCUT2D eigenvalue weighted by Gasteiger charge is -2.38. The Morgan fingerprint density at radius 2 is 1.79 bits per heavy atom. The molecule has 0 aliphatic carbocycles. The van der Waals surface area contributed by atoms with E-state index in [1.54, 1.807) is 6.07 Å². The monoisotopic (exact) mass is 509 g/mol. The summed E-state index contributed by atoms with van der Waals surface area (Å²) in [4.78, 5) is 16.0. The van der Waals surface area contributed by atoms with E-state index in [4.69, 9.17) is 40.5 Å². The fourth-order valence-electron chi connectivity index (χ4n) is 4.83. The van der Waals surface area contributed by atoms with Crippen molar-refractivity contribution in [2.45, 2.75) is 37.8 Å². The van der Waals surface area contributed by atoms with Gasteiger partial charge >= 0.3 is 6.03 Å². The van der Waals surface area contributed by atoms with Crippen LogP contribution in [0.25, 0.3) is 0 Å². The number of hydrogen-bond donors (Lipinski definition) is 3. The van der Waals surface area contributed by atoms with Crippen molar-refractivity contribution >= 4 is 52.2 Å². The van der Waals surface area contributed by atoms with Gasteiger partial charge in [-0.1, -0.05) is 40.9 Å². The molecule has 2 amide bonds. The highest BCUT2D eigenvalue weighted by Gasteiger charge is 2.31. The maximum atomic E-state index is 11.1. The second kappa shape index (κ2) is 11.0. The van der Waals surface area contributed by atoms with E-state index in [2.05, 4.69) is 32.6 Å². The summed E-state index contributed by atoms with van der Waals surface area (Å²) < 4.78 is 0. The predicted octanol–water partition coefficient (Wildman–Crippen LogP) is 5.01. The van der Waals surface area contributed by atoms with Gasteiger partial charge in [0.1, 0.15) is 0 Å². The average Bonchev–Trinajstić information content (AvgIpc) is 3.24. The van der Waals surface area contributed by atoms with E-state index in [1.807, 2.05) is 18.2 Å². The van der Waals surface area contributed by atoms with Crippen molar-refractivity contribution in [1.29, 1.82) is 0 Å². The molecule has 0 spiro atoms. The van der Waals surface area contributed by atoms with E-state index in [0.29, 0.717) is 21.1 Å².